The molecule has 4 aromatic rings. The van der Waals surface area contributed by atoms with E-state index in [0.717, 1.165) is 56.5 Å². The molecule has 2 saturated heterocycles. The summed E-state index contributed by atoms with van der Waals surface area (Å²) in [7, 11) is 0.521. The Hall–Kier alpha value is -4.00. The predicted molar refractivity (Wildman–Crippen MR) is 180 cm³/mol. The number of nitrogens with zero attached hydrogens (tertiary/aromatic N) is 6. The summed E-state index contributed by atoms with van der Waals surface area (Å²) in [5.41, 5.74) is 2.50. The van der Waals surface area contributed by atoms with Crippen molar-refractivity contribution in [3.05, 3.63) is 54.0 Å². The topological polar surface area (TPSA) is 120 Å². The Kier molecular flexibility index (Phi) is 9.03. The molecule has 2 fully saturated rings. The van der Waals surface area contributed by atoms with Gasteiger partial charge < -0.3 is 30.2 Å². The fraction of sp³-hybridized carbons (Fsp3) is 0.438. The first-order valence-electron chi connectivity index (χ1n) is 15.5. The summed E-state index contributed by atoms with van der Waals surface area (Å²) in [5, 5.41) is 9.47. The lowest BCUT2D eigenvalue weighted by atomic mass is 9.96. The van der Waals surface area contributed by atoms with E-state index < -0.39 is 24.7 Å². The molecule has 0 radical (unpaired) electrons. The fourth-order valence-electron chi connectivity index (χ4n) is 6.41. The van der Waals surface area contributed by atoms with Crippen molar-refractivity contribution < 1.29 is 22.5 Å². The quantitative estimate of drug-likeness (QED) is 0.200. The van der Waals surface area contributed by atoms with E-state index in [0.29, 0.717) is 34.6 Å². The van der Waals surface area contributed by atoms with Gasteiger partial charge in [0.2, 0.25) is 5.95 Å². The van der Waals surface area contributed by atoms with Crippen LogP contribution in [0.15, 0.2) is 42.9 Å². The number of likely N-dealkylation sites (tertiary alicyclic amines) is 1. The minimum Gasteiger partial charge on any atom is -0.494 e. The van der Waals surface area contributed by atoms with Crippen molar-refractivity contribution in [1.29, 1.82) is 0 Å². The maximum Gasteiger partial charge on any atom is 0.421 e. The Bertz CT molecular complexity index is 1820. The van der Waals surface area contributed by atoms with Crippen molar-refractivity contribution in [2.24, 2.45) is 0 Å². The molecule has 0 spiro atoms. The van der Waals surface area contributed by atoms with Gasteiger partial charge in [-0.15, -0.1) is 0 Å². The third kappa shape index (κ3) is 6.86. The molecule has 0 bridgehead atoms. The minimum absolute atomic E-state index is 0.0699. The first-order valence-corrected chi connectivity index (χ1v) is 18.1. The molecule has 4 heterocycles. The van der Waals surface area contributed by atoms with Gasteiger partial charge in [0.05, 0.1) is 29.3 Å². The molecule has 2 aromatic heterocycles. The SMILES string of the molecule is CNC1CN(C2CCN(c3cc(OC)c(Nc4ncc(C(F)(F)F)c(Nc5ccc6nccnc6c5P(C)(C)=O)n4)cc3C)CC2)C1. The van der Waals surface area contributed by atoms with Crippen LogP contribution in [0.2, 0.25) is 0 Å². The highest BCUT2D eigenvalue weighted by atomic mass is 31.2. The van der Waals surface area contributed by atoms with Crippen molar-refractivity contribution in [1.82, 2.24) is 30.2 Å². The van der Waals surface area contributed by atoms with Crippen molar-refractivity contribution in [3.8, 4) is 5.75 Å². The van der Waals surface area contributed by atoms with E-state index in [9.17, 15) is 17.7 Å². The number of hydrogen-bond donors (Lipinski definition) is 3. The summed E-state index contributed by atoms with van der Waals surface area (Å²) >= 11 is 0. The summed E-state index contributed by atoms with van der Waals surface area (Å²) in [4.78, 5) is 21.7. The average Bonchev–Trinajstić information content (AvgIpc) is 3.00. The first-order chi connectivity index (χ1) is 22.4. The Morgan fingerprint density at radius 1 is 1.00 bits per heavy atom. The monoisotopic (exact) mass is 669 g/mol. The number of rotatable bonds is 9. The molecule has 2 aliphatic rings. The Morgan fingerprint density at radius 2 is 1.72 bits per heavy atom. The van der Waals surface area contributed by atoms with Gasteiger partial charge >= 0.3 is 6.18 Å². The summed E-state index contributed by atoms with van der Waals surface area (Å²) in [6, 6.07) is 8.16. The van der Waals surface area contributed by atoms with Gasteiger partial charge in [0.15, 0.2) is 0 Å². The molecule has 0 saturated carbocycles. The van der Waals surface area contributed by atoms with Crippen LogP contribution in [0.4, 0.5) is 42.0 Å². The lowest BCUT2D eigenvalue weighted by molar-refractivity contribution is -0.137. The van der Waals surface area contributed by atoms with Crippen LogP contribution in [0, 0.1) is 6.92 Å². The number of aryl methyl sites for hydroxylation is 1. The standard InChI is InChI=1S/C32H39F3N9O2P/c1-19-14-25(27(46-3)15-26(19)43-12-8-21(9-13-43)44-17-20(18-44)36-2)41-31-39-16-22(32(33,34)35)30(42-31)40-24-7-6-23-28(38-11-10-37-23)29(24)47(4,5)45/h6-7,10-11,14-16,20-21,36H,8-9,12-13,17-18H2,1-5H3,(H2,39,40,41,42). The van der Waals surface area contributed by atoms with Gasteiger partial charge in [0, 0.05) is 68.6 Å². The number of piperidine rings is 1. The number of benzene rings is 2. The third-order valence-electron chi connectivity index (χ3n) is 8.90. The molecular weight excluding hydrogens is 630 g/mol. The maximum absolute atomic E-state index is 14.2. The van der Waals surface area contributed by atoms with Gasteiger partial charge in [0.1, 0.15) is 29.8 Å². The predicted octanol–water partition coefficient (Wildman–Crippen LogP) is 5.36. The summed E-state index contributed by atoms with van der Waals surface area (Å²) < 4.78 is 61.6. The minimum atomic E-state index is -4.76. The smallest absolute Gasteiger partial charge is 0.421 e. The molecule has 0 amide bonds. The Balaban J connectivity index is 1.27. The second-order valence-electron chi connectivity index (χ2n) is 12.4. The van der Waals surface area contributed by atoms with Gasteiger partial charge in [0.25, 0.3) is 0 Å². The second-order valence-corrected chi connectivity index (χ2v) is 15.6. The van der Waals surface area contributed by atoms with Gasteiger partial charge in [-0.05, 0) is 63.9 Å². The number of halogens is 3. The molecule has 6 rings (SSSR count). The molecule has 2 aromatic carbocycles. The number of anilines is 5. The van der Waals surface area contributed by atoms with Gasteiger partial charge in [-0.25, -0.2) is 4.98 Å². The van der Waals surface area contributed by atoms with Crippen molar-refractivity contribution in [2.75, 3.05) is 69.2 Å². The molecule has 2 aliphatic heterocycles. The van der Waals surface area contributed by atoms with Crippen LogP contribution in [-0.2, 0) is 10.7 Å². The number of likely N-dealkylation sites (N-methyl/N-ethyl adjacent to an activating group) is 1. The zero-order valence-corrected chi connectivity index (χ0v) is 27.9. The molecular formula is C32H39F3N9O2P. The van der Waals surface area contributed by atoms with E-state index in [1.54, 1.807) is 13.2 Å². The fourth-order valence-corrected chi connectivity index (χ4v) is 7.80. The van der Waals surface area contributed by atoms with Gasteiger partial charge in [-0.1, -0.05) is 0 Å². The van der Waals surface area contributed by atoms with Crippen molar-refractivity contribution >= 4 is 52.3 Å². The third-order valence-corrected chi connectivity index (χ3v) is 10.4. The zero-order valence-electron chi connectivity index (χ0n) is 27.0. The van der Waals surface area contributed by atoms with Crippen LogP contribution in [0.5, 0.6) is 5.75 Å². The Labute approximate surface area is 271 Å². The molecule has 0 atom stereocenters. The van der Waals surface area contributed by atoms with Crippen molar-refractivity contribution in [2.45, 2.75) is 38.0 Å². The highest BCUT2D eigenvalue weighted by molar-refractivity contribution is 7.71. The molecule has 47 heavy (non-hydrogen) atoms. The Morgan fingerprint density at radius 3 is 2.38 bits per heavy atom. The molecule has 3 N–H and O–H groups in total. The van der Waals surface area contributed by atoms with E-state index in [1.807, 2.05) is 26.1 Å². The second kappa shape index (κ2) is 12.9. The normalized spacial score (nSPS) is 16.7. The number of alkyl halides is 3. The van der Waals surface area contributed by atoms with Crippen LogP contribution in [0.3, 0.4) is 0 Å². The summed E-state index contributed by atoms with van der Waals surface area (Å²) in [6.45, 7) is 9.09. The molecule has 11 nitrogen and oxygen atoms in total. The van der Waals surface area contributed by atoms with Crippen LogP contribution in [0.1, 0.15) is 24.0 Å². The lowest BCUT2D eigenvalue weighted by Crippen LogP contribution is -2.61. The van der Waals surface area contributed by atoms with Gasteiger partial charge in [-0.3, -0.25) is 14.9 Å². The van der Waals surface area contributed by atoms with Gasteiger partial charge in [-0.2, -0.15) is 18.2 Å². The molecule has 250 valence electrons. The van der Waals surface area contributed by atoms with E-state index in [4.69, 9.17) is 4.74 Å². The lowest BCUT2D eigenvalue weighted by Gasteiger charge is -2.47. The zero-order chi connectivity index (χ0) is 33.5. The van der Waals surface area contributed by atoms with Crippen LogP contribution >= 0.6 is 7.14 Å². The number of methoxy groups -OCH3 is 1. The molecule has 0 unspecified atom stereocenters. The van der Waals surface area contributed by atoms with E-state index in [2.05, 4.69) is 45.7 Å². The summed E-state index contributed by atoms with van der Waals surface area (Å²) in [5.74, 6) is -0.0514. The van der Waals surface area contributed by atoms with Crippen LogP contribution in [0.25, 0.3) is 11.0 Å². The van der Waals surface area contributed by atoms with E-state index in [-0.39, 0.29) is 16.9 Å². The number of ether oxygens (including phenoxy) is 1. The average molecular weight is 670 g/mol. The van der Waals surface area contributed by atoms with Crippen molar-refractivity contribution in [3.63, 3.8) is 0 Å². The molecule has 0 aliphatic carbocycles. The largest absolute Gasteiger partial charge is 0.494 e. The number of aromatic nitrogens is 4. The van der Waals surface area contributed by atoms with E-state index >= 15 is 0 Å². The van der Waals surface area contributed by atoms with Crippen LogP contribution in [-0.4, -0.2) is 90.6 Å². The first kappa shape index (κ1) is 32.9. The van der Waals surface area contributed by atoms with E-state index in [1.165, 1.54) is 31.8 Å². The number of hydrogen-bond acceptors (Lipinski definition) is 11. The molecule has 15 heteroatoms. The highest BCUT2D eigenvalue weighted by Crippen LogP contribution is 2.43. The highest BCUT2D eigenvalue weighted by Gasteiger charge is 2.36. The number of nitrogens with one attached hydrogen (secondary N) is 3. The maximum atomic E-state index is 14.2. The van der Waals surface area contributed by atoms with Crippen LogP contribution < -0.4 is 30.9 Å². The summed E-state index contributed by atoms with van der Waals surface area (Å²) in [6.07, 6.45) is 1.07. The number of fused-ring (bicyclic) bond motifs is 1.